The van der Waals surface area contributed by atoms with Crippen LogP contribution in [0.3, 0.4) is 0 Å². The van der Waals surface area contributed by atoms with Crippen molar-refractivity contribution in [3.8, 4) is 17.2 Å². The molecular weight excluding hydrogens is 384 g/mol. The van der Waals surface area contributed by atoms with Gasteiger partial charge in [0.05, 0.1) is 38.2 Å². The van der Waals surface area contributed by atoms with Gasteiger partial charge in [-0.3, -0.25) is 0 Å². The lowest BCUT2D eigenvalue weighted by molar-refractivity contribution is 0.171. The number of hydrazone groups is 1. The molecule has 2 rings (SSSR count). The summed E-state index contributed by atoms with van der Waals surface area (Å²) in [6, 6.07) is 13.0. The van der Waals surface area contributed by atoms with Crippen LogP contribution in [0.25, 0.3) is 0 Å². The molecule has 0 bridgehead atoms. The Morgan fingerprint density at radius 3 is 2.61 bits per heavy atom. The molecule has 0 atom stereocenters. The van der Waals surface area contributed by atoms with Crippen molar-refractivity contribution in [3.05, 3.63) is 53.1 Å². The summed E-state index contributed by atoms with van der Waals surface area (Å²) in [7, 11) is 1.26. The van der Waals surface area contributed by atoms with E-state index in [1.54, 1.807) is 12.1 Å². The maximum atomic E-state index is 11.0. The molecule has 1 amide bonds. The molecule has 1 N–H and O–H groups in total. The van der Waals surface area contributed by atoms with E-state index in [0.29, 0.717) is 48.3 Å². The van der Waals surface area contributed by atoms with Crippen LogP contribution in [0.5, 0.6) is 17.2 Å². The van der Waals surface area contributed by atoms with Crippen molar-refractivity contribution in [2.24, 2.45) is 5.10 Å². The Labute approximate surface area is 169 Å². The Kier molecular flexibility index (Phi) is 8.94. The molecule has 28 heavy (non-hydrogen) atoms. The normalized spacial score (nSPS) is 10.5. The van der Waals surface area contributed by atoms with Gasteiger partial charge in [0, 0.05) is 6.42 Å². The van der Waals surface area contributed by atoms with E-state index in [2.05, 4.69) is 15.3 Å². The van der Waals surface area contributed by atoms with Crippen molar-refractivity contribution < 1.29 is 23.7 Å². The van der Waals surface area contributed by atoms with Gasteiger partial charge in [0.1, 0.15) is 5.75 Å². The monoisotopic (exact) mass is 406 g/mol. The van der Waals surface area contributed by atoms with Gasteiger partial charge in [-0.1, -0.05) is 29.8 Å². The van der Waals surface area contributed by atoms with Crippen molar-refractivity contribution in [2.75, 3.05) is 26.9 Å². The predicted octanol–water partition coefficient (Wildman–Crippen LogP) is 4.28. The van der Waals surface area contributed by atoms with E-state index in [9.17, 15) is 4.79 Å². The largest absolute Gasteiger partial charge is 0.493 e. The Bertz CT molecular complexity index is 784. The summed E-state index contributed by atoms with van der Waals surface area (Å²) in [6.07, 6.45) is 1.45. The number of hydrogen-bond donors (Lipinski definition) is 1. The van der Waals surface area contributed by atoms with Crippen molar-refractivity contribution in [2.45, 2.75) is 13.3 Å². The van der Waals surface area contributed by atoms with Crippen molar-refractivity contribution in [3.63, 3.8) is 0 Å². The predicted molar refractivity (Wildman–Crippen MR) is 108 cm³/mol. The average molecular weight is 407 g/mol. The minimum Gasteiger partial charge on any atom is -0.493 e. The molecule has 0 unspecified atom stereocenters. The lowest BCUT2D eigenvalue weighted by atomic mass is 10.2. The number of carbonyl (C=O) groups is 1. The molecule has 0 saturated carbocycles. The Hall–Kier alpha value is -2.93. The summed E-state index contributed by atoms with van der Waals surface area (Å²) in [5, 5.41) is 4.16. The summed E-state index contributed by atoms with van der Waals surface area (Å²) < 4.78 is 21.5. The number of rotatable bonds is 10. The molecule has 0 saturated heterocycles. The molecule has 7 nitrogen and oxygen atoms in total. The fourth-order valence-electron chi connectivity index (χ4n) is 2.21. The SMILES string of the molecule is CCOc1cc(/C=N\NC(=O)OC)cc(Cl)c1OCCCOc1ccccc1. The maximum absolute atomic E-state index is 11.0. The topological polar surface area (TPSA) is 78.4 Å². The standard InChI is InChI=1S/C20H23ClN2O5/c1-3-26-18-13-15(14-22-23-20(24)25-2)12-17(21)19(18)28-11-7-10-27-16-8-5-4-6-9-16/h4-6,8-9,12-14H,3,7,10-11H2,1-2H3,(H,23,24)/b22-14-. The first-order valence-electron chi connectivity index (χ1n) is 8.78. The number of benzene rings is 2. The third-order valence-electron chi connectivity index (χ3n) is 3.43. The van der Waals surface area contributed by atoms with Gasteiger partial charge in [0.25, 0.3) is 0 Å². The molecule has 0 aliphatic heterocycles. The highest BCUT2D eigenvalue weighted by atomic mass is 35.5. The summed E-state index contributed by atoms with van der Waals surface area (Å²) in [4.78, 5) is 11.0. The highest BCUT2D eigenvalue weighted by Crippen LogP contribution is 2.36. The second-order valence-corrected chi connectivity index (χ2v) is 5.90. The number of nitrogens with one attached hydrogen (secondary N) is 1. The van der Waals surface area contributed by atoms with Crippen molar-refractivity contribution in [1.82, 2.24) is 5.43 Å². The number of methoxy groups -OCH3 is 1. The first kappa shape index (κ1) is 21.4. The number of carbonyl (C=O) groups excluding carboxylic acids is 1. The van der Waals surface area contributed by atoms with Crippen molar-refractivity contribution >= 4 is 23.9 Å². The molecular formula is C20H23ClN2O5. The van der Waals surface area contributed by atoms with Gasteiger partial charge in [-0.2, -0.15) is 5.10 Å². The number of hydrogen-bond acceptors (Lipinski definition) is 6. The third kappa shape index (κ3) is 7.00. The van der Waals surface area contributed by atoms with Gasteiger partial charge in [-0.15, -0.1) is 0 Å². The van der Waals surface area contributed by atoms with E-state index in [4.69, 9.17) is 25.8 Å². The van der Waals surface area contributed by atoms with Gasteiger partial charge < -0.3 is 18.9 Å². The van der Waals surface area contributed by atoms with E-state index in [-0.39, 0.29) is 0 Å². The minimum absolute atomic E-state index is 0.384. The number of halogens is 1. The Morgan fingerprint density at radius 1 is 1.14 bits per heavy atom. The first-order valence-corrected chi connectivity index (χ1v) is 9.15. The van der Waals surface area contributed by atoms with Gasteiger partial charge in [-0.05, 0) is 36.8 Å². The second-order valence-electron chi connectivity index (χ2n) is 5.49. The van der Waals surface area contributed by atoms with Crippen LogP contribution in [0.4, 0.5) is 4.79 Å². The fraction of sp³-hybridized carbons (Fsp3) is 0.300. The summed E-state index contributed by atoms with van der Waals surface area (Å²) in [5.74, 6) is 1.78. The summed E-state index contributed by atoms with van der Waals surface area (Å²) >= 11 is 6.34. The zero-order valence-electron chi connectivity index (χ0n) is 15.8. The Morgan fingerprint density at radius 2 is 1.89 bits per heavy atom. The van der Waals surface area contributed by atoms with Crippen molar-refractivity contribution in [1.29, 1.82) is 0 Å². The third-order valence-corrected chi connectivity index (χ3v) is 3.71. The maximum Gasteiger partial charge on any atom is 0.427 e. The highest BCUT2D eigenvalue weighted by Gasteiger charge is 2.12. The molecule has 0 radical (unpaired) electrons. The van der Waals surface area contributed by atoms with Crippen LogP contribution in [0, 0.1) is 0 Å². The number of ether oxygens (including phenoxy) is 4. The molecule has 0 fully saturated rings. The van der Waals surface area contributed by atoms with Crippen LogP contribution in [0.15, 0.2) is 47.6 Å². The van der Waals surface area contributed by atoms with Gasteiger partial charge in [0.2, 0.25) is 0 Å². The summed E-state index contributed by atoms with van der Waals surface area (Å²) in [5.41, 5.74) is 2.85. The fourth-order valence-corrected chi connectivity index (χ4v) is 2.48. The van der Waals surface area contributed by atoms with Gasteiger partial charge >= 0.3 is 6.09 Å². The van der Waals surface area contributed by atoms with E-state index in [1.807, 2.05) is 37.3 Å². The van der Waals surface area contributed by atoms with E-state index < -0.39 is 6.09 Å². The highest BCUT2D eigenvalue weighted by molar-refractivity contribution is 6.32. The first-order chi connectivity index (χ1) is 13.6. The molecule has 0 aliphatic carbocycles. The lowest BCUT2D eigenvalue weighted by Crippen LogP contribution is -2.16. The zero-order chi connectivity index (χ0) is 20.2. The lowest BCUT2D eigenvalue weighted by Gasteiger charge is -2.14. The molecule has 150 valence electrons. The van der Waals surface area contributed by atoms with Crippen LogP contribution >= 0.6 is 11.6 Å². The van der Waals surface area contributed by atoms with E-state index in [0.717, 1.165) is 5.75 Å². The van der Waals surface area contributed by atoms with Gasteiger partial charge in [-0.25, -0.2) is 10.2 Å². The van der Waals surface area contributed by atoms with Crippen LogP contribution < -0.4 is 19.6 Å². The number of amides is 1. The molecule has 0 heterocycles. The molecule has 0 aliphatic rings. The molecule has 0 aromatic heterocycles. The zero-order valence-corrected chi connectivity index (χ0v) is 16.6. The molecule has 2 aromatic rings. The van der Waals surface area contributed by atoms with Crippen LogP contribution in [0.2, 0.25) is 5.02 Å². The van der Waals surface area contributed by atoms with E-state index in [1.165, 1.54) is 13.3 Å². The summed E-state index contributed by atoms with van der Waals surface area (Å²) in [6.45, 7) is 3.26. The van der Waals surface area contributed by atoms with Crippen LogP contribution in [-0.2, 0) is 4.74 Å². The molecule has 8 heteroatoms. The quantitative estimate of drug-likeness (QED) is 0.362. The number of para-hydroxylation sites is 1. The average Bonchev–Trinajstić information content (AvgIpc) is 2.70. The molecule has 0 spiro atoms. The Balaban J connectivity index is 1.93. The van der Waals surface area contributed by atoms with E-state index >= 15 is 0 Å². The smallest absolute Gasteiger partial charge is 0.427 e. The molecule has 2 aromatic carbocycles. The minimum atomic E-state index is -0.662. The van der Waals surface area contributed by atoms with Crippen LogP contribution in [-0.4, -0.2) is 39.2 Å². The number of nitrogens with zero attached hydrogens (tertiary/aromatic N) is 1. The van der Waals surface area contributed by atoms with Crippen LogP contribution in [0.1, 0.15) is 18.9 Å². The second kappa shape index (κ2) is 11.7. The van der Waals surface area contributed by atoms with Gasteiger partial charge in [0.15, 0.2) is 11.5 Å².